The second kappa shape index (κ2) is 11.8. The van der Waals surface area contributed by atoms with E-state index in [-0.39, 0.29) is 18.3 Å². The van der Waals surface area contributed by atoms with Crippen molar-refractivity contribution in [3.63, 3.8) is 0 Å². The number of aromatic nitrogens is 3. The molecular weight excluding hydrogens is 464 g/mol. The number of thioether (sulfide) groups is 1. The van der Waals surface area contributed by atoms with E-state index in [9.17, 15) is 9.59 Å². The van der Waals surface area contributed by atoms with Crippen LogP contribution in [0.4, 0.5) is 5.69 Å². The van der Waals surface area contributed by atoms with Gasteiger partial charge < -0.3 is 14.8 Å². The minimum atomic E-state index is -0.463. The average Bonchev–Trinajstić information content (AvgIpc) is 3.28. The fourth-order valence-corrected chi connectivity index (χ4v) is 4.05. The standard InChI is InChI=1S/C26H24N4O4S/c1-33-25(32)20-11-8-12-21(15-20)27-24(31)18-35-26-29-28-23(17-34-22-13-6-3-7-14-22)30(26)16-19-9-4-2-5-10-19/h2-15H,16-18H2,1H3,(H,27,31). The fourth-order valence-electron chi connectivity index (χ4n) is 3.29. The van der Waals surface area contributed by atoms with Crippen molar-refractivity contribution >= 4 is 29.3 Å². The molecule has 35 heavy (non-hydrogen) atoms. The molecule has 178 valence electrons. The summed E-state index contributed by atoms with van der Waals surface area (Å²) in [5.74, 6) is 0.827. The molecule has 1 N–H and O–H groups in total. The Labute approximate surface area is 207 Å². The van der Waals surface area contributed by atoms with Gasteiger partial charge in [-0.3, -0.25) is 9.36 Å². The van der Waals surface area contributed by atoms with E-state index in [0.29, 0.717) is 28.8 Å². The third kappa shape index (κ3) is 6.70. The Hall–Kier alpha value is -4.11. The maximum absolute atomic E-state index is 12.6. The quantitative estimate of drug-likeness (QED) is 0.261. The molecule has 0 atom stereocenters. The maximum Gasteiger partial charge on any atom is 0.337 e. The van der Waals surface area contributed by atoms with Crippen LogP contribution in [0.1, 0.15) is 21.7 Å². The summed E-state index contributed by atoms with van der Waals surface area (Å²) in [5.41, 5.74) is 1.96. The van der Waals surface area contributed by atoms with Gasteiger partial charge >= 0.3 is 5.97 Å². The zero-order valence-corrected chi connectivity index (χ0v) is 19.9. The third-order valence-corrected chi connectivity index (χ3v) is 5.95. The highest BCUT2D eigenvalue weighted by molar-refractivity contribution is 7.99. The van der Waals surface area contributed by atoms with Crippen LogP contribution >= 0.6 is 11.8 Å². The Morgan fingerprint density at radius 1 is 0.943 bits per heavy atom. The van der Waals surface area contributed by atoms with Gasteiger partial charge in [-0.15, -0.1) is 10.2 Å². The summed E-state index contributed by atoms with van der Waals surface area (Å²) in [4.78, 5) is 24.3. The van der Waals surface area contributed by atoms with Crippen molar-refractivity contribution in [1.29, 1.82) is 0 Å². The largest absolute Gasteiger partial charge is 0.486 e. The number of benzene rings is 3. The van der Waals surface area contributed by atoms with Gasteiger partial charge in [-0.25, -0.2) is 4.79 Å². The number of methoxy groups -OCH3 is 1. The highest BCUT2D eigenvalue weighted by atomic mass is 32.2. The number of nitrogens with zero attached hydrogens (tertiary/aromatic N) is 3. The number of amides is 1. The number of para-hydroxylation sites is 1. The first-order valence-electron chi connectivity index (χ1n) is 10.9. The minimum Gasteiger partial charge on any atom is -0.486 e. The van der Waals surface area contributed by atoms with Gasteiger partial charge in [-0.2, -0.15) is 0 Å². The maximum atomic E-state index is 12.6. The summed E-state index contributed by atoms with van der Waals surface area (Å²) < 4.78 is 12.6. The molecule has 4 aromatic rings. The van der Waals surface area contributed by atoms with Crippen LogP contribution in [0.5, 0.6) is 5.75 Å². The molecule has 0 fully saturated rings. The molecule has 0 aliphatic carbocycles. The molecule has 1 heterocycles. The SMILES string of the molecule is COC(=O)c1cccc(NC(=O)CSc2nnc(COc3ccccc3)n2Cc2ccccc2)c1. The van der Waals surface area contributed by atoms with Crippen LogP contribution in [0.15, 0.2) is 90.1 Å². The summed E-state index contributed by atoms with van der Waals surface area (Å²) in [5, 5.41) is 12.0. The molecule has 0 aliphatic heterocycles. The normalized spacial score (nSPS) is 10.5. The second-order valence-electron chi connectivity index (χ2n) is 7.48. The van der Waals surface area contributed by atoms with Crippen LogP contribution in [0.25, 0.3) is 0 Å². The van der Waals surface area contributed by atoms with Crippen LogP contribution in [-0.2, 0) is 22.7 Å². The minimum absolute atomic E-state index is 0.120. The number of nitrogens with one attached hydrogen (secondary N) is 1. The second-order valence-corrected chi connectivity index (χ2v) is 8.42. The average molecular weight is 489 g/mol. The van der Waals surface area contributed by atoms with E-state index in [2.05, 4.69) is 15.5 Å². The van der Waals surface area contributed by atoms with E-state index in [4.69, 9.17) is 9.47 Å². The van der Waals surface area contributed by atoms with Crippen molar-refractivity contribution < 1.29 is 19.1 Å². The number of ether oxygens (including phenoxy) is 2. The molecule has 1 amide bonds. The van der Waals surface area contributed by atoms with Crippen molar-refractivity contribution in [1.82, 2.24) is 14.8 Å². The lowest BCUT2D eigenvalue weighted by Gasteiger charge is -2.11. The molecule has 0 radical (unpaired) electrons. The highest BCUT2D eigenvalue weighted by Gasteiger charge is 2.16. The zero-order valence-electron chi connectivity index (χ0n) is 19.1. The van der Waals surface area contributed by atoms with Gasteiger partial charge in [0.2, 0.25) is 5.91 Å². The Morgan fingerprint density at radius 3 is 2.43 bits per heavy atom. The van der Waals surface area contributed by atoms with Crippen LogP contribution < -0.4 is 10.1 Å². The molecule has 0 aliphatic rings. The number of hydrogen-bond donors (Lipinski definition) is 1. The van der Waals surface area contributed by atoms with E-state index in [1.165, 1.54) is 18.9 Å². The zero-order chi connectivity index (χ0) is 24.5. The Morgan fingerprint density at radius 2 is 1.69 bits per heavy atom. The first-order valence-corrected chi connectivity index (χ1v) is 11.9. The van der Waals surface area contributed by atoms with Crippen molar-refractivity contribution in [2.24, 2.45) is 0 Å². The van der Waals surface area contributed by atoms with Gasteiger partial charge in [0.1, 0.15) is 12.4 Å². The number of carbonyl (C=O) groups is 2. The van der Waals surface area contributed by atoms with Crippen LogP contribution in [0.3, 0.4) is 0 Å². The van der Waals surface area contributed by atoms with Gasteiger partial charge in [-0.1, -0.05) is 66.4 Å². The lowest BCUT2D eigenvalue weighted by atomic mass is 10.2. The monoisotopic (exact) mass is 488 g/mol. The van der Waals surface area contributed by atoms with E-state index in [1.807, 2.05) is 65.2 Å². The van der Waals surface area contributed by atoms with Crippen molar-refractivity contribution in [3.8, 4) is 5.75 Å². The molecule has 0 spiro atoms. The predicted octanol–water partition coefficient (Wildman–Crippen LogP) is 4.42. The van der Waals surface area contributed by atoms with Gasteiger partial charge in [0.05, 0.1) is 25.0 Å². The topological polar surface area (TPSA) is 95.3 Å². The van der Waals surface area contributed by atoms with Crippen molar-refractivity contribution in [2.45, 2.75) is 18.3 Å². The van der Waals surface area contributed by atoms with Crippen LogP contribution in [0.2, 0.25) is 0 Å². The lowest BCUT2D eigenvalue weighted by molar-refractivity contribution is -0.113. The molecule has 1 aromatic heterocycles. The summed E-state index contributed by atoms with van der Waals surface area (Å²) in [6.45, 7) is 0.795. The summed E-state index contributed by atoms with van der Waals surface area (Å²) in [6, 6.07) is 26.1. The van der Waals surface area contributed by atoms with Gasteiger partial charge in [0.25, 0.3) is 0 Å². The molecule has 4 rings (SSSR count). The third-order valence-electron chi connectivity index (χ3n) is 4.99. The Kier molecular flexibility index (Phi) is 8.13. The Balaban J connectivity index is 1.44. The summed E-state index contributed by atoms with van der Waals surface area (Å²) in [7, 11) is 1.31. The molecule has 0 unspecified atom stereocenters. The number of rotatable bonds is 10. The van der Waals surface area contributed by atoms with E-state index >= 15 is 0 Å². The first kappa shape index (κ1) is 24.0. The van der Waals surface area contributed by atoms with Crippen molar-refractivity contribution in [2.75, 3.05) is 18.2 Å². The fraction of sp³-hybridized carbons (Fsp3) is 0.154. The summed E-state index contributed by atoms with van der Waals surface area (Å²) >= 11 is 1.28. The predicted molar refractivity (Wildman–Crippen MR) is 133 cm³/mol. The lowest BCUT2D eigenvalue weighted by Crippen LogP contribution is -2.15. The van der Waals surface area contributed by atoms with Crippen molar-refractivity contribution in [3.05, 3.63) is 102 Å². The number of hydrogen-bond acceptors (Lipinski definition) is 7. The molecule has 0 bridgehead atoms. The van der Waals surface area contributed by atoms with E-state index in [0.717, 1.165) is 11.3 Å². The molecule has 3 aromatic carbocycles. The molecule has 0 saturated heterocycles. The van der Waals surface area contributed by atoms with Crippen LogP contribution in [-0.4, -0.2) is 39.5 Å². The van der Waals surface area contributed by atoms with Crippen LogP contribution in [0, 0.1) is 0 Å². The Bertz CT molecular complexity index is 1280. The molecule has 8 nitrogen and oxygen atoms in total. The number of carbonyl (C=O) groups excluding carboxylic acids is 2. The molecule has 9 heteroatoms. The summed E-state index contributed by atoms with van der Waals surface area (Å²) in [6.07, 6.45) is 0. The molecule has 0 saturated carbocycles. The van der Waals surface area contributed by atoms with E-state index < -0.39 is 5.97 Å². The van der Waals surface area contributed by atoms with Gasteiger partial charge in [0.15, 0.2) is 11.0 Å². The number of esters is 1. The first-order chi connectivity index (χ1) is 17.1. The smallest absolute Gasteiger partial charge is 0.337 e. The van der Waals surface area contributed by atoms with Gasteiger partial charge in [-0.05, 0) is 35.9 Å². The van der Waals surface area contributed by atoms with E-state index in [1.54, 1.807) is 24.3 Å². The highest BCUT2D eigenvalue weighted by Crippen LogP contribution is 2.21. The molecular formula is C26H24N4O4S. The number of anilines is 1. The van der Waals surface area contributed by atoms with Gasteiger partial charge in [0, 0.05) is 5.69 Å².